The van der Waals surface area contributed by atoms with Crippen molar-refractivity contribution >= 4 is 27.6 Å². The molecule has 0 saturated heterocycles. The van der Waals surface area contributed by atoms with Gasteiger partial charge in [-0.2, -0.15) is 13.5 Å². The van der Waals surface area contributed by atoms with E-state index in [1.165, 1.54) is 22.9 Å². The topological polar surface area (TPSA) is 143 Å². The molecule has 0 aliphatic rings. The Balaban J connectivity index is 2.54. The molecule has 0 spiro atoms. The molecule has 0 aliphatic carbocycles. The van der Waals surface area contributed by atoms with Crippen molar-refractivity contribution in [2.75, 3.05) is 11.9 Å². The van der Waals surface area contributed by atoms with Gasteiger partial charge >= 0.3 is 0 Å². The predicted octanol–water partition coefficient (Wildman–Crippen LogP) is 2.24. The second-order valence-corrected chi connectivity index (χ2v) is 8.62. The molecule has 0 bridgehead atoms. The SMILES string of the molecule is CCCc1nn(C)c(C(N)=O)c1NC(=O)c1cc(S(=O)(=O)OC(C)C)ccc1OCC. The first-order valence-electron chi connectivity index (χ1n) is 9.88. The third kappa shape index (κ3) is 5.61. The van der Waals surface area contributed by atoms with Crippen LogP contribution >= 0.6 is 0 Å². The Kier molecular flexibility index (Phi) is 7.80. The lowest BCUT2D eigenvalue weighted by atomic mass is 10.1. The number of benzene rings is 1. The van der Waals surface area contributed by atoms with Gasteiger partial charge in [0.15, 0.2) is 0 Å². The van der Waals surface area contributed by atoms with Crippen molar-refractivity contribution in [2.45, 2.75) is 51.5 Å². The molecule has 11 heteroatoms. The smallest absolute Gasteiger partial charge is 0.297 e. The fourth-order valence-electron chi connectivity index (χ4n) is 3.02. The number of carbonyl (C=O) groups excluding carboxylic acids is 2. The minimum absolute atomic E-state index is 0.0306. The summed E-state index contributed by atoms with van der Waals surface area (Å²) in [6.45, 7) is 7.10. The molecule has 3 N–H and O–H groups in total. The van der Waals surface area contributed by atoms with Crippen LogP contribution in [-0.4, -0.2) is 42.7 Å². The molecule has 0 fully saturated rings. The molecule has 1 aromatic carbocycles. The number of carbonyl (C=O) groups is 2. The van der Waals surface area contributed by atoms with Crippen LogP contribution in [-0.2, 0) is 27.8 Å². The Hall–Kier alpha value is -2.92. The summed E-state index contributed by atoms with van der Waals surface area (Å²) in [6.07, 6.45) is 0.660. The number of aromatic nitrogens is 2. The Bertz CT molecular complexity index is 1080. The number of anilines is 1. The van der Waals surface area contributed by atoms with Crippen LogP contribution in [0, 0.1) is 0 Å². The molecule has 2 amide bonds. The van der Waals surface area contributed by atoms with Crippen LogP contribution in [0.4, 0.5) is 5.69 Å². The van der Waals surface area contributed by atoms with Crippen molar-refractivity contribution in [3.8, 4) is 5.75 Å². The molecule has 0 unspecified atom stereocenters. The fraction of sp³-hybridized carbons (Fsp3) is 0.450. The van der Waals surface area contributed by atoms with Crippen LogP contribution in [0.3, 0.4) is 0 Å². The van der Waals surface area contributed by atoms with Crippen LogP contribution in [0.5, 0.6) is 5.75 Å². The van der Waals surface area contributed by atoms with E-state index >= 15 is 0 Å². The number of hydrogen-bond acceptors (Lipinski definition) is 7. The van der Waals surface area contributed by atoms with E-state index in [9.17, 15) is 18.0 Å². The second kappa shape index (κ2) is 9.92. The number of amides is 2. The van der Waals surface area contributed by atoms with Gasteiger partial charge in [-0.05, 0) is 45.4 Å². The Morgan fingerprint density at radius 1 is 1.26 bits per heavy atom. The second-order valence-electron chi connectivity index (χ2n) is 7.05. The highest BCUT2D eigenvalue weighted by Gasteiger charge is 2.25. The summed E-state index contributed by atoms with van der Waals surface area (Å²) < 4.78 is 36.7. The molecular weight excluding hydrogens is 424 g/mol. The minimum atomic E-state index is -4.08. The fourth-order valence-corrected chi connectivity index (χ4v) is 4.13. The predicted molar refractivity (Wildman–Crippen MR) is 115 cm³/mol. The number of ether oxygens (including phenoxy) is 1. The molecule has 0 radical (unpaired) electrons. The summed E-state index contributed by atoms with van der Waals surface area (Å²) >= 11 is 0. The summed E-state index contributed by atoms with van der Waals surface area (Å²) in [4.78, 5) is 24.9. The largest absolute Gasteiger partial charge is 0.493 e. The lowest BCUT2D eigenvalue weighted by Crippen LogP contribution is -2.21. The third-order valence-corrected chi connectivity index (χ3v) is 5.65. The standard InChI is InChI=1S/C20H28N4O6S/c1-6-8-15-17(18(19(21)25)24(5)23-15)22-20(26)14-11-13(9-10-16(14)29-7-2)31(27,28)30-12(3)4/h9-12H,6-8H2,1-5H3,(H2,21,25)(H,22,26). The van der Waals surface area contributed by atoms with Gasteiger partial charge in [-0.25, -0.2) is 0 Å². The van der Waals surface area contributed by atoms with Gasteiger partial charge in [0.1, 0.15) is 11.4 Å². The van der Waals surface area contributed by atoms with Crippen molar-refractivity contribution in [1.29, 1.82) is 0 Å². The minimum Gasteiger partial charge on any atom is -0.493 e. The molecule has 0 aliphatic heterocycles. The van der Waals surface area contributed by atoms with Gasteiger partial charge in [-0.1, -0.05) is 13.3 Å². The normalized spacial score (nSPS) is 11.5. The quantitative estimate of drug-likeness (QED) is 0.526. The number of primary amides is 1. The van der Waals surface area contributed by atoms with E-state index in [1.54, 1.807) is 27.8 Å². The molecule has 31 heavy (non-hydrogen) atoms. The molecule has 2 rings (SSSR count). The van der Waals surface area contributed by atoms with Gasteiger partial charge in [0.2, 0.25) is 0 Å². The average molecular weight is 453 g/mol. The zero-order valence-corrected chi connectivity index (χ0v) is 19.1. The maximum Gasteiger partial charge on any atom is 0.297 e. The van der Waals surface area contributed by atoms with Crippen molar-refractivity contribution in [3.05, 3.63) is 35.2 Å². The summed E-state index contributed by atoms with van der Waals surface area (Å²) in [5, 5.41) is 6.93. The maximum absolute atomic E-state index is 13.1. The molecule has 2 aromatic rings. The average Bonchev–Trinajstić information content (AvgIpc) is 2.96. The maximum atomic E-state index is 13.1. The Morgan fingerprint density at radius 2 is 1.94 bits per heavy atom. The first kappa shape index (κ1) is 24.4. The lowest BCUT2D eigenvalue weighted by molar-refractivity contribution is 0.0992. The van der Waals surface area contributed by atoms with Crippen LogP contribution in [0.15, 0.2) is 23.1 Å². The van der Waals surface area contributed by atoms with Gasteiger partial charge in [-0.15, -0.1) is 0 Å². The molecule has 0 saturated carbocycles. The first-order valence-corrected chi connectivity index (χ1v) is 11.3. The molecule has 170 valence electrons. The van der Waals surface area contributed by atoms with Crippen molar-refractivity contribution in [1.82, 2.24) is 9.78 Å². The van der Waals surface area contributed by atoms with Crippen molar-refractivity contribution in [2.24, 2.45) is 12.8 Å². The van der Waals surface area contributed by atoms with Crippen LogP contribution in [0.2, 0.25) is 0 Å². The number of nitrogens with zero attached hydrogens (tertiary/aromatic N) is 2. The van der Waals surface area contributed by atoms with Crippen LogP contribution in [0.25, 0.3) is 0 Å². The van der Waals surface area contributed by atoms with E-state index in [2.05, 4.69) is 10.4 Å². The van der Waals surface area contributed by atoms with Crippen LogP contribution < -0.4 is 15.8 Å². The van der Waals surface area contributed by atoms with E-state index in [0.717, 1.165) is 6.42 Å². The summed E-state index contributed by atoms with van der Waals surface area (Å²) in [6, 6.07) is 3.87. The summed E-state index contributed by atoms with van der Waals surface area (Å²) in [5.74, 6) is -1.23. The zero-order chi connectivity index (χ0) is 23.3. The number of nitrogens with two attached hydrogens (primary N) is 1. The third-order valence-electron chi connectivity index (χ3n) is 4.18. The van der Waals surface area contributed by atoms with E-state index in [4.69, 9.17) is 14.7 Å². The zero-order valence-electron chi connectivity index (χ0n) is 18.3. The van der Waals surface area contributed by atoms with Gasteiger partial charge < -0.3 is 15.8 Å². The van der Waals surface area contributed by atoms with E-state index < -0.39 is 28.0 Å². The number of aryl methyl sites for hydroxylation is 2. The highest BCUT2D eigenvalue weighted by molar-refractivity contribution is 7.86. The molecule has 10 nitrogen and oxygen atoms in total. The Labute approximate surface area is 181 Å². The van der Waals surface area contributed by atoms with Gasteiger partial charge in [0.05, 0.1) is 34.6 Å². The highest BCUT2D eigenvalue weighted by atomic mass is 32.2. The molecular formula is C20H28N4O6S. The van der Waals surface area contributed by atoms with Crippen molar-refractivity contribution < 1.29 is 26.9 Å². The van der Waals surface area contributed by atoms with Gasteiger partial charge in [0.25, 0.3) is 21.9 Å². The lowest BCUT2D eigenvalue weighted by Gasteiger charge is -2.14. The molecule has 0 atom stereocenters. The van der Waals surface area contributed by atoms with Gasteiger partial charge in [0, 0.05) is 7.05 Å². The Morgan fingerprint density at radius 3 is 2.48 bits per heavy atom. The summed E-state index contributed by atoms with van der Waals surface area (Å²) in [7, 11) is -2.53. The molecule has 1 aromatic heterocycles. The molecule has 1 heterocycles. The first-order chi connectivity index (χ1) is 14.5. The summed E-state index contributed by atoms with van der Waals surface area (Å²) in [5.41, 5.74) is 6.17. The van der Waals surface area contributed by atoms with E-state index in [0.29, 0.717) is 12.1 Å². The van der Waals surface area contributed by atoms with Crippen LogP contribution in [0.1, 0.15) is 60.7 Å². The number of hydrogen-bond donors (Lipinski definition) is 2. The monoisotopic (exact) mass is 452 g/mol. The van der Waals surface area contributed by atoms with Crippen molar-refractivity contribution in [3.63, 3.8) is 0 Å². The van der Waals surface area contributed by atoms with Gasteiger partial charge in [-0.3, -0.25) is 18.5 Å². The highest BCUT2D eigenvalue weighted by Crippen LogP contribution is 2.28. The van der Waals surface area contributed by atoms with E-state index in [1.807, 2.05) is 6.92 Å². The number of nitrogens with one attached hydrogen (secondary N) is 1. The van der Waals surface area contributed by atoms with E-state index in [-0.39, 0.29) is 34.2 Å². The number of rotatable bonds is 10.